The number of halogens is 3. The molecule has 1 aromatic carbocycles. The number of benzene rings is 1. The number of nitrogens with zero attached hydrogens (tertiary/aromatic N) is 1. The number of amides is 1. The molecule has 3 nitrogen and oxygen atoms in total. The van der Waals surface area contributed by atoms with Crippen molar-refractivity contribution in [1.82, 2.24) is 4.90 Å². The van der Waals surface area contributed by atoms with Gasteiger partial charge in [-0.2, -0.15) is 13.2 Å². The SMILES string of the molecule is CC(CN(C)C(=O)c1ccccc1C(F)(F)F)C(N)=S. The second-order valence-electron chi connectivity index (χ2n) is 4.53. The first-order valence-electron chi connectivity index (χ1n) is 5.85. The Morgan fingerprint density at radius 1 is 1.40 bits per heavy atom. The van der Waals surface area contributed by atoms with Gasteiger partial charge in [0.05, 0.1) is 16.1 Å². The molecule has 0 aliphatic heterocycles. The first-order chi connectivity index (χ1) is 9.14. The van der Waals surface area contributed by atoms with Crippen LogP contribution in [0.4, 0.5) is 13.2 Å². The van der Waals surface area contributed by atoms with Crippen LogP contribution in [0.15, 0.2) is 24.3 Å². The lowest BCUT2D eigenvalue weighted by Gasteiger charge is -2.22. The molecule has 0 fully saturated rings. The summed E-state index contributed by atoms with van der Waals surface area (Å²) in [5.41, 5.74) is 4.11. The molecule has 1 atom stereocenters. The fourth-order valence-electron chi connectivity index (χ4n) is 1.71. The van der Waals surface area contributed by atoms with Crippen LogP contribution in [0.2, 0.25) is 0 Å². The number of carbonyl (C=O) groups excluding carboxylic acids is 1. The Kier molecular flexibility index (Phi) is 5.10. The van der Waals surface area contributed by atoms with Crippen molar-refractivity contribution < 1.29 is 18.0 Å². The molecule has 0 bridgehead atoms. The minimum Gasteiger partial charge on any atom is -0.393 e. The average Bonchev–Trinajstić information content (AvgIpc) is 2.36. The van der Waals surface area contributed by atoms with Crippen molar-refractivity contribution in [2.75, 3.05) is 13.6 Å². The predicted molar refractivity (Wildman–Crippen MR) is 74.4 cm³/mol. The van der Waals surface area contributed by atoms with Crippen LogP contribution in [-0.2, 0) is 6.18 Å². The summed E-state index contributed by atoms with van der Waals surface area (Å²) in [5.74, 6) is -0.974. The zero-order valence-corrected chi connectivity index (χ0v) is 11.9. The Balaban J connectivity index is 3.01. The molecule has 0 aliphatic rings. The number of hydrogen-bond acceptors (Lipinski definition) is 2. The Morgan fingerprint density at radius 2 is 1.95 bits per heavy atom. The summed E-state index contributed by atoms with van der Waals surface area (Å²) in [6.45, 7) is 1.88. The Morgan fingerprint density at radius 3 is 2.45 bits per heavy atom. The van der Waals surface area contributed by atoms with E-state index in [9.17, 15) is 18.0 Å². The van der Waals surface area contributed by atoms with Crippen molar-refractivity contribution in [3.63, 3.8) is 0 Å². The number of rotatable bonds is 4. The molecule has 0 spiro atoms. The highest BCUT2D eigenvalue weighted by Crippen LogP contribution is 2.32. The molecule has 0 radical (unpaired) electrons. The molecule has 0 saturated carbocycles. The molecular weight excluding hydrogens is 289 g/mol. The van der Waals surface area contributed by atoms with E-state index in [1.54, 1.807) is 6.92 Å². The van der Waals surface area contributed by atoms with E-state index in [1.165, 1.54) is 24.1 Å². The molecule has 1 rings (SSSR count). The summed E-state index contributed by atoms with van der Waals surface area (Å²) in [4.78, 5) is 13.5. The predicted octanol–water partition coefficient (Wildman–Crippen LogP) is 2.70. The quantitative estimate of drug-likeness (QED) is 0.870. The maximum Gasteiger partial charge on any atom is 0.417 e. The fourth-order valence-corrected chi connectivity index (χ4v) is 1.78. The van der Waals surface area contributed by atoms with E-state index in [0.29, 0.717) is 0 Å². The van der Waals surface area contributed by atoms with Gasteiger partial charge in [0.1, 0.15) is 0 Å². The van der Waals surface area contributed by atoms with Gasteiger partial charge in [0, 0.05) is 19.5 Å². The lowest BCUT2D eigenvalue weighted by molar-refractivity contribution is -0.138. The van der Waals surface area contributed by atoms with Gasteiger partial charge in [-0.05, 0) is 12.1 Å². The van der Waals surface area contributed by atoms with Gasteiger partial charge in [0.2, 0.25) is 0 Å². The molecule has 7 heteroatoms. The van der Waals surface area contributed by atoms with Crippen molar-refractivity contribution in [2.45, 2.75) is 13.1 Å². The molecule has 0 aromatic heterocycles. The Labute approximate surface area is 120 Å². The number of alkyl halides is 3. The van der Waals surface area contributed by atoms with Gasteiger partial charge in [-0.15, -0.1) is 0 Å². The normalized spacial score (nSPS) is 12.8. The van der Waals surface area contributed by atoms with E-state index in [1.807, 2.05) is 0 Å². The van der Waals surface area contributed by atoms with Crippen LogP contribution >= 0.6 is 12.2 Å². The van der Waals surface area contributed by atoms with Gasteiger partial charge >= 0.3 is 6.18 Å². The zero-order valence-electron chi connectivity index (χ0n) is 11.1. The van der Waals surface area contributed by atoms with E-state index >= 15 is 0 Å². The van der Waals surface area contributed by atoms with E-state index in [-0.39, 0.29) is 23.0 Å². The van der Waals surface area contributed by atoms with E-state index in [4.69, 9.17) is 18.0 Å². The average molecular weight is 304 g/mol. The summed E-state index contributed by atoms with van der Waals surface area (Å²) in [6, 6.07) is 4.69. The highest BCUT2D eigenvalue weighted by Gasteiger charge is 2.35. The number of thiocarbonyl (C=S) groups is 1. The first-order valence-corrected chi connectivity index (χ1v) is 6.26. The van der Waals surface area contributed by atoms with Gasteiger partial charge in [0.15, 0.2) is 0 Å². The summed E-state index contributed by atoms with van der Waals surface area (Å²) in [6.07, 6.45) is -4.57. The maximum atomic E-state index is 12.9. The van der Waals surface area contributed by atoms with Crippen LogP contribution in [0.3, 0.4) is 0 Å². The fraction of sp³-hybridized carbons (Fsp3) is 0.385. The summed E-state index contributed by atoms with van der Waals surface area (Å²) >= 11 is 4.78. The van der Waals surface area contributed by atoms with Crippen molar-refractivity contribution in [3.8, 4) is 0 Å². The maximum absolute atomic E-state index is 12.9. The Bertz CT molecular complexity index is 517. The molecule has 0 aliphatic carbocycles. The summed E-state index contributed by atoms with van der Waals surface area (Å²) < 4.78 is 38.6. The largest absolute Gasteiger partial charge is 0.417 e. The van der Waals surface area contributed by atoms with Crippen molar-refractivity contribution >= 4 is 23.1 Å². The molecule has 2 N–H and O–H groups in total. The second kappa shape index (κ2) is 6.21. The van der Waals surface area contributed by atoms with E-state index in [0.717, 1.165) is 12.1 Å². The van der Waals surface area contributed by atoms with Crippen molar-refractivity contribution in [3.05, 3.63) is 35.4 Å². The van der Waals surface area contributed by atoms with E-state index in [2.05, 4.69) is 0 Å². The van der Waals surface area contributed by atoms with Crippen LogP contribution in [0.5, 0.6) is 0 Å². The lowest BCUT2D eigenvalue weighted by Crippen LogP contribution is -2.36. The van der Waals surface area contributed by atoms with Crippen LogP contribution in [0.25, 0.3) is 0 Å². The lowest BCUT2D eigenvalue weighted by atomic mass is 10.1. The van der Waals surface area contributed by atoms with E-state index < -0.39 is 17.6 Å². The molecule has 0 saturated heterocycles. The van der Waals surface area contributed by atoms with Crippen LogP contribution in [0.1, 0.15) is 22.8 Å². The zero-order chi connectivity index (χ0) is 15.5. The smallest absolute Gasteiger partial charge is 0.393 e. The molecule has 110 valence electrons. The minimum atomic E-state index is -4.57. The molecular formula is C13H15F3N2OS. The standard InChI is InChI=1S/C13H15F3N2OS/c1-8(11(17)20)7-18(2)12(19)9-5-3-4-6-10(9)13(14,15)16/h3-6,8H,7H2,1-2H3,(H2,17,20). The van der Waals surface area contributed by atoms with Gasteiger partial charge in [-0.1, -0.05) is 31.3 Å². The topological polar surface area (TPSA) is 46.3 Å². The highest BCUT2D eigenvalue weighted by atomic mass is 32.1. The molecule has 0 heterocycles. The van der Waals surface area contributed by atoms with Gasteiger partial charge in [-0.25, -0.2) is 0 Å². The third-order valence-electron chi connectivity index (χ3n) is 2.84. The van der Waals surface area contributed by atoms with Crippen molar-refractivity contribution in [2.24, 2.45) is 11.7 Å². The number of carbonyl (C=O) groups is 1. The minimum absolute atomic E-state index is 0.167. The van der Waals surface area contributed by atoms with Crippen LogP contribution < -0.4 is 5.73 Å². The van der Waals surface area contributed by atoms with Gasteiger partial charge in [0.25, 0.3) is 5.91 Å². The number of hydrogen-bond donors (Lipinski definition) is 1. The monoisotopic (exact) mass is 304 g/mol. The molecule has 1 amide bonds. The molecule has 1 aromatic rings. The first kappa shape index (κ1) is 16.4. The summed E-state index contributed by atoms with van der Waals surface area (Å²) in [7, 11) is 1.42. The summed E-state index contributed by atoms with van der Waals surface area (Å²) in [5, 5.41) is 0. The second-order valence-corrected chi connectivity index (χ2v) is 5.00. The third-order valence-corrected chi connectivity index (χ3v) is 3.25. The third kappa shape index (κ3) is 3.93. The van der Waals surface area contributed by atoms with Crippen molar-refractivity contribution in [1.29, 1.82) is 0 Å². The van der Waals surface area contributed by atoms with Gasteiger partial charge in [-0.3, -0.25) is 4.79 Å². The van der Waals surface area contributed by atoms with Gasteiger partial charge < -0.3 is 10.6 Å². The number of nitrogens with two attached hydrogens (primary N) is 1. The van der Waals surface area contributed by atoms with Crippen LogP contribution in [0, 0.1) is 5.92 Å². The highest BCUT2D eigenvalue weighted by molar-refractivity contribution is 7.80. The molecule has 1 unspecified atom stereocenters. The Hall–Kier alpha value is -1.63. The van der Waals surface area contributed by atoms with Crippen LogP contribution in [-0.4, -0.2) is 29.4 Å². The molecule has 20 heavy (non-hydrogen) atoms.